The summed E-state index contributed by atoms with van der Waals surface area (Å²) < 4.78 is 5.72. The van der Waals surface area contributed by atoms with Crippen LogP contribution in [0.1, 0.15) is 58.3 Å². The third-order valence-electron chi connectivity index (χ3n) is 7.97. The SMILES string of the molecule is CC(NC(=O)COc1ccc(N2CCCC2=O)cc1)C12CC3CC(CC(C3)C1)C2. The molecule has 1 atom stereocenters. The van der Waals surface area contributed by atoms with Gasteiger partial charge in [-0.25, -0.2) is 0 Å². The van der Waals surface area contributed by atoms with Gasteiger partial charge in [-0.2, -0.15) is 0 Å². The summed E-state index contributed by atoms with van der Waals surface area (Å²) in [5.41, 5.74) is 1.22. The van der Waals surface area contributed by atoms with E-state index in [1.165, 1.54) is 38.5 Å². The molecule has 156 valence electrons. The smallest absolute Gasteiger partial charge is 0.258 e. The van der Waals surface area contributed by atoms with Crippen LogP contribution in [0.2, 0.25) is 0 Å². The predicted octanol–water partition coefficient (Wildman–Crippen LogP) is 3.91. The first-order valence-electron chi connectivity index (χ1n) is 11.3. The van der Waals surface area contributed by atoms with E-state index in [1.807, 2.05) is 29.2 Å². The van der Waals surface area contributed by atoms with Gasteiger partial charge in [0.25, 0.3) is 5.91 Å². The van der Waals surface area contributed by atoms with Crippen molar-refractivity contribution in [2.24, 2.45) is 23.2 Å². The van der Waals surface area contributed by atoms with Gasteiger partial charge in [-0.1, -0.05) is 0 Å². The minimum Gasteiger partial charge on any atom is -0.484 e. The lowest BCUT2D eigenvalue weighted by Crippen LogP contribution is -2.56. The number of carbonyl (C=O) groups excluding carboxylic acids is 2. The van der Waals surface area contributed by atoms with Gasteiger partial charge in [-0.15, -0.1) is 0 Å². The Balaban J connectivity index is 1.14. The Labute approximate surface area is 173 Å². The lowest BCUT2D eigenvalue weighted by Gasteiger charge is -2.59. The zero-order valence-electron chi connectivity index (χ0n) is 17.4. The summed E-state index contributed by atoms with van der Waals surface area (Å²) in [6, 6.07) is 7.70. The van der Waals surface area contributed by atoms with Crippen LogP contribution in [0.15, 0.2) is 24.3 Å². The van der Waals surface area contributed by atoms with Gasteiger partial charge in [0.2, 0.25) is 5.91 Å². The molecule has 5 fully saturated rings. The van der Waals surface area contributed by atoms with E-state index in [1.54, 1.807) is 0 Å². The van der Waals surface area contributed by atoms with Gasteiger partial charge >= 0.3 is 0 Å². The molecule has 1 unspecified atom stereocenters. The van der Waals surface area contributed by atoms with Crippen molar-refractivity contribution in [1.29, 1.82) is 0 Å². The van der Waals surface area contributed by atoms with E-state index in [-0.39, 0.29) is 24.5 Å². The highest BCUT2D eigenvalue weighted by molar-refractivity contribution is 5.95. The van der Waals surface area contributed by atoms with Crippen LogP contribution in [0.25, 0.3) is 0 Å². The molecule has 1 heterocycles. The van der Waals surface area contributed by atoms with Crippen LogP contribution < -0.4 is 15.0 Å². The molecule has 2 amide bonds. The van der Waals surface area contributed by atoms with Crippen molar-refractivity contribution >= 4 is 17.5 Å². The van der Waals surface area contributed by atoms with Crippen molar-refractivity contribution in [3.63, 3.8) is 0 Å². The highest BCUT2D eigenvalue weighted by Gasteiger charge is 2.53. The molecule has 0 spiro atoms. The molecular formula is C24H32N2O3. The highest BCUT2D eigenvalue weighted by atomic mass is 16.5. The largest absolute Gasteiger partial charge is 0.484 e. The first-order chi connectivity index (χ1) is 14.0. The molecule has 4 aliphatic carbocycles. The molecule has 5 aliphatic rings. The maximum Gasteiger partial charge on any atom is 0.258 e. The maximum atomic E-state index is 12.5. The molecule has 5 nitrogen and oxygen atoms in total. The molecule has 1 saturated heterocycles. The third-order valence-corrected chi connectivity index (χ3v) is 7.97. The number of anilines is 1. The normalized spacial score (nSPS) is 33.8. The number of rotatable bonds is 6. The van der Waals surface area contributed by atoms with Crippen LogP contribution in [0.3, 0.4) is 0 Å². The maximum absolute atomic E-state index is 12.5. The third kappa shape index (κ3) is 3.64. The molecule has 4 bridgehead atoms. The van der Waals surface area contributed by atoms with Crippen molar-refractivity contribution in [3.8, 4) is 5.75 Å². The van der Waals surface area contributed by atoms with Gasteiger partial charge < -0.3 is 15.0 Å². The topological polar surface area (TPSA) is 58.6 Å². The number of amides is 2. The van der Waals surface area contributed by atoms with Crippen molar-refractivity contribution in [2.45, 2.75) is 64.3 Å². The minimum atomic E-state index is -0.0351. The second-order valence-electron chi connectivity index (χ2n) is 10.0. The molecule has 1 aromatic rings. The van der Waals surface area contributed by atoms with Crippen LogP contribution in [0.4, 0.5) is 5.69 Å². The molecule has 0 aromatic heterocycles. The average Bonchev–Trinajstić information content (AvgIpc) is 3.11. The van der Waals surface area contributed by atoms with Gasteiger partial charge in [0.1, 0.15) is 5.75 Å². The lowest BCUT2D eigenvalue weighted by atomic mass is 9.48. The summed E-state index contributed by atoms with van der Waals surface area (Å²) in [4.78, 5) is 26.2. The van der Waals surface area contributed by atoms with Crippen molar-refractivity contribution in [2.75, 3.05) is 18.1 Å². The first kappa shape index (κ1) is 19.0. The van der Waals surface area contributed by atoms with Crippen LogP contribution in [0, 0.1) is 23.2 Å². The number of ether oxygens (including phenoxy) is 1. The Morgan fingerprint density at radius 2 is 1.76 bits per heavy atom. The standard InChI is InChI=1S/C24H32N2O3/c1-16(24-12-17-9-18(13-24)11-19(10-17)14-24)25-22(27)15-29-21-6-4-20(5-7-21)26-8-2-3-23(26)28/h4-7,16-19H,2-3,8-15H2,1H3,(H,25,27). The number of nitrogens with zero attached hydrogens (tertiary/aromatic N) is 1. The van der Waals surface area contributed by atoms with Gasteiger partial charge in [0, 0.05) is 24.7 Å². The van der Waals surface area contributed by atoms with Crippen LogP contribution in [-0.2, 0) is 9.59 Å². The summed E-state index contributed by atoms with van der Waals surface area (Å²) in [6.45, 7) is 3.02. The summed E-state index contributed by atoms with van der Waals surface area (Å²) >= 11 is 0. The molecular weight excluding hydrogens is 364 g/mol. The van der Waals surface area contributed by atoms with Crippen molar-refractivity contribution in [3.05, 3.63) is 24.3 Å². The average molecular weight is 397 g/mol. The fourth-order valence-corrected chi connectivity index (χ4v) is 6.94. The van der Waals surface area contributed by atoms with E-state index in [0.29, 0.717) is 17.6 Å². The van der Waals surface area contributed by atoms with E-state index in [2.05, 4.69) is 12.2 Å². The summed E-state index contributed by atoms with van der Waals surface area (Å²) in [6.07, 6.45) is 9.67. The number of benzene rings is 1. The summed E-state index contributed by atoms with van der Waals surface area (Å²) in [5.74, 6) is 3.47. The molecule has 29 heavy (non-hydrogen) atoms. The van der Waals surface area contributed by atoms with Crippen molar-refractivity contribution < 1.29 is 14.3 Å². The molecule has 1 aromatic carbocycles. The van der Waals surface area contributed by atoms with E-state index >= 15 is 0 Å². The van der Waals surface area contributed by atoms with Gasteiger partial charge in [-0.05, 0) is 99.3 Å². The molecule has 4 saturated carbocycles. The first-order valence-corrected chi connectivity index (χ1v) is 11.3. The van der Waals surface area contributed by atoms with E-state index in [4.69, 9.17) is 4.74 Å². The Hall–Kier alpha value is -2.04. The van der Waals surface area contributed by atoms with Gasteiger partial charge in [-0.3, -0.25) is 9.59 Å². The molecule has 1 aliphatic heterocycles. The van der Waals surface area contributed by atoms with E-state index < -0.39 is 0 Å². The molecule has 6 rings (SSSR count). The zero-order chi connectivity index (χ0) is 20.0. The quantitative estimate of drug-likeness (QED) is 0.793. The Morgan fingerprint density at radius 1 is 1.14 bits per heavy atom. The predicted molar refractivity (Wildman–Crippen MR) is 112 cm³/mol. The number of carbonyl (C=O) groups is 2. The van der Waals surface area contributed by atoms with E-state index in [0.717, 1.165) is 36.4 Å². The second-order valence-corrected chi connectivity index (χ2v) is 10.0. The number of hydrogen-bond donors (Lipinski definition) is 1. The summed E-state index contributed by atoms with van der Waals surface area (Å²) in [5, 5.41) is 3.25. The monoisotopic (exact) mass is 396 g/mol. The Morgan fingerprint density at radius 3 is 2.31 bits per heavy atom. The fourth-order valence-electron chi connectivity index (χ4n) is 6.94. The van der Waals surface area contributed by atoms with Crippen molar-refractivity contribution in [1.82, 2.24) is 5.32 Å². The highest BCUT2D eigenvalue weighted by Crippen LogP contribution is 2.61. The van der Waals surface area contributed by atoms with Gasteiger partial charge in [0.15, 0.2) is 6.61 Å². The van der Waals surface area contributed by atoms with Gasteiger partial charge in [0.05, 0.1) is 0 Å². The lowest BCUT2D eigenvalue weighted by molar-refractivity contribution is -0.127. The molecule has 0 radical (unpaired) electrons. The van der Waals surface area contributed by atoms with Crippen LogP contribution in [-0.4, -0.2) is 31.0 Å². The molecule has 1 N–H and O–H groups in total. The number of hydrogen-bond acceptors (Lipinski definition) is 3. The number of nitrogens with one attached hydrogen (secondary N) is 1. The second kappa shape index (κ2) is 7.33. The molecule has 5 heteroatoms. The van der Waals surface area contributed by atoms with Crippen LogP contribution >= 0.6 is 0 Å². The summed E-state index contributed by atoms with van der Waals surface area (Å²) in [7, 11) is 0. The van der Waals surface area contributed by atoms with E-state index in [9.17, 15) is 9.59 Å². The minimum absolute atomic E-state index is 0.0351. The fraction of sp³-hybridized carbons (Fsp3) is 0.667. The Kier molecular flexibility index (Phi) is 4.79. The Bertz CT molecular complexity index is 753. The van der Waals surface area contributed by atoms with Crippen LogP contribution in [0.5, 0.6) is 5.75 Å². The zero-order valence-corrected chi connectivity index (χ0v) is 17.4.